The van der Waals surface area contributed by atoms with Crippen LogP contribution in [0.3, 0.4) is 0 Å². The number of hydrogen-bond acceptors (Lipinski definition) is 3. The van der Waals surface area contributed by atoms with E-state index in [1.807, 2.05) is 19.2 Å². The van der Waals surface area contributed by atoms with Crippen LogP contribution in [0.2, 0.25) is 0 Å². The van der Waals surface area contributed by atoms with E-state index in [0.717, 1.165) is 25.9 Å². The predicted octanol–water partition coefficient (Wildman–Crippen LogP) is 2.92. The van der Waals surface area contributed by atoms with E-state index in [4.69, 9.17) is 9.47 Å². The van der Waals surface area contributed by atoms with E-state index >= 15 is 0 Å². The molecule has 0 spiro atoms. The number of nitrogens with one attached hydrogen (secondary N) is 1. The van der Waals surface area contributed by atoms with Crippen LogP contribution in [0.15, 0.2) is 18.2 Å². The van der Waals surface area contributed by atoms with E-state index in [1.165, 1.54) is 13.5 Å². The first-order valence-corrected chi connectivity index (χ1v) is 7.34. The zero-order valence-electron chi connectivity index (χ0n) is 12.3. The van der Waals surface area contributed by atoms with Gasteiger partial charge in [-0.1, -0.05) is 12.1 Å². The molecule has 1 N–H and O–H groups in total. The van der Waals surface area contributed by atoms with Gasteiger partial charge in [-0.25, -0.2) is 4.39 Å². The van der Waals surface area contributed by atoms with E-state index in [2.05, 4.69) is 5.32 Å². The fourth-order valence-corrected chi connectivity index (χ4v) is 2.75. The minimum Gasteiger partial charge on any atom is -0.494 e. The monoisotopic (exact) mass is 281 g/mol. The second-order valence-electron chi connectivity index (χ2n) is 5.35. The van der Waals surface area contributed by atoms with Gasteiger partial charge in [0.05, 0.1) is 13.2 Å². The Morgan fingerprint density at radius 2 is 2.30 bits per heavy atom. The average molecular weight is 281 g/mol. The van der Waals surface area contributed by atoms with Gasteiger partial charge in [-0.3, -0.25) is 0 Å². The number of methoxy groups -OCH3 is 1. The van der Waals surface area contributed by atoms with Gasteiger partial charge in [-0.15, -0.1) is 0 Å². The van der Waals surface area contributed by atoms with Crippen LogP contribution in [0.4, 0.5) is 4.39 Å². The van der Waals surface area contributed by atoms with Crippen molar-refractivity contribution in [2.75, 3.05) is 20.8 Å². The summed E-state index contributed by atoms with van der Waals surface area (Å²) < 4.78 is 25.0. The van der Waals surface area contributed by atoms with Gasteiger partial charge in [0.1, 0.15) is 0 Å². The van der Waals surface area contributed by atoms with Gasteiger partial charge in [0.15, 0.2) is 11.6 Å². The maximum absolute atomic E-state index is 14.2. The van der Waals surface area contributed by atoms with Crippen molar-refractivity contribution in [1.29, 1.82) is 0 Å². The SMILES string of the molecule is CNC(Cc1cccc(OC)c1F)CC1CCCCO1. The van der Waals surface area contributed by atoms with E-state index in [1.54, 1.807) is 6.07 Å². The molecule has 0 radical (unpaired) electrons. The average Bonchev–Trinajstić information content (AvgIpc) is 2.49. The molecule has 1 fully saturated rings. The largest absolute Gasteiger partial charge is 0.494 e. The maximum Gasteiger partial charge on any atom is 0.168 e. The summed E-state index contributed by atoms with van der Waals surface area (Å²) in [6.07, 6.45) is 5.38. The van der Waals surface area contributed by atoms with Crippen molar-refractivity contribution < 1.29 is 13.9 Å². The molecule has 2 unspecified atom stereocenters. The first-order chi connectivity index (χ1) is 9.74. The Bertz CT molecular complexity index is 419. The molecule has 0 saturated carbocycles. The minimum absolute atomic E-state index is 0.222. The molecule has 1 aliphatic heterocycles. The molecule has 1 aromatic rings. The van der Waals surface area contributed by atoms with Gasteiger partial charge in [-0.2, -0.15) is 0 Å². The lowest BCUT2D eigenvalue weighted by Gasteiger charge is -2.27. The molecule has 1 saturated heterocycles. The smallest absolute Gasteiger partial charge is 0.168 e. The third-order valence-corrected chi connectivity index (χ3v) is 3.96. The Hall–Kier alpha value is -1.13. The van der Waals surface area contributed by atoms with Crippen LogP contribution in [0.5, 0.6) is 5.75 Å². The molecule has 2 atom stereocenters. The highest BCUT2D eigenvalue weighted by Gasteiger charge is 2.20. The van der Waals surface area contributed by atoms with Gasteiger partial charge in [0.25, 0.3) is 0 Å². The van der Waals surface area contributed by atoms with Crippen LogP contribution < -0.4 is 10.1 Å². The topological polar surface area (TPSA) is 30.5 Å². The fourth-order valence-electron chi connectivity index (χ4n) is 2.75. The molecule has 3 nitrogen and oxygen atoms in total. The molecule has 0 bridgehead atoms. The molecular weight excluding hydrogens is 257 g/mol. The summed E-state index contributed by atoms with van der Waals surface area (Å²) in [7, 11) is 3.42. The number of ether oxygens (including phenoxy) is 2. The zero-order chi connectivity index (χ0) is 14.4. The lowest BCUT2D eigenvalue weighted by Crippen LogP contribution is -2.34. The van der Waals surface area contributed by atoms with Crippen molar-refractivity contribution in [3.8, 4) is 5.75 Å². The highest BCUT2D eigenvalue weighted by molar-refractivity contribution is 5.31. The third-order valence-electron chi connectivity index (χ3n) is 3.96. The van der Waals surface area contributed by atoms with E-state index in [-0.39, 0.29) is 11.9 Å². The molecule has 1 heterocycles. The fraction of sp³-hybridized carbons (Fsp3) is 0.625. The molecule has 0 amide bonds. The maximum atomic E-state index is 14.2. The highest BCUT2D eigenvalue weighted by Crippen LogP contribution is 2.23. The summed E-state index contributed by atoms with van der Waals surface area (Å²) in [5.41, 5.74) is 0.694. The Balaban J connectivity index is 1.98. The number of likely N-dealkylation sites (N-methyl/N-ethyl adjacent to an activating group) is 1. The summed E-state index contributed by atoms with van der Waals surface area (Å²) in [6, 6.07) is 5.53. The summed E-state index contributed by atoms with van der Waals surface area (Å²) in [6.45, 7) is 0.856. The van der Waals surface area contributed by atoms with Gasteiger partial charge < -0.3 is 14.8 Å². The third kappa shape index (κ3) is 3.93. The molecule has 1 aromatic carbocycles. The second kappa shape index (κ2) is 7.60. The van der Waals surface area contributed by atoms with Crippen molar-refractivity contribution in [2.24, 2.45) is 0 Å². The zero-order valence-corrected chi connectivity index (χ0v) is 12.3. The summed E-state index contributed by atoms with van der Waals surface area (Å²) in [4.78, 5) is 0. The number of benzene rings is 1. The molecular formula is C16H24FNO2. The quantitative estimate of drug-likeness (QED) is 0.869. The van der Waals surface area contributed by atoms with Crippen LogP contribution in [-0.2, 0) is 11.2 Å². The molecule has 2 rings (SSSR count). The van der Waals surface area contributed by atoms with E-state index < -0.39 is 0 Å². The molecule has 112 valence electrons. The van der Waals surface area contributed by atoms with Crippen LogP contribution >= 0.6 is 0 Å². The summed E-state index contributed by atoms with van der Waals surface area (Å²) in [5.74, 6) is 0.0612. The Kier molecular flexibility index (Phi) is 5.80. The molecule has 20 heavy (non-hydrogen) atoms. The standard InChI is InChI=1S/C16H24FNO2/c1-18-13(11-14-7-3-4-9-20-14)10-12-6-5-8-15(19-2)16(12)17/h5-6,8,13-14,18H,3-4,7,9-11H2,1-2H3. The lowest BCUT2D eigenvalue weighted by molar-refractivity contribution is 0.00564. The van der Waals surface area contributed by atoms with Crippen molar-refractivity contribution in [1.82, 2.24) is 5.32 Å². The van der Waals surface area contributed by atoms with Crippen molar-refractivity contribution in [3.63, 3.8) is 0 Å². The van der Waals surface area contributed by atoms with Crippen molar-refractivity contribution in [2.45, 2.75) is 44.2 Å². The van der Waals surface area contributed by atoms with Gasteiger partial charge >= 0.3 is 0 Å². The Labute approximate surface area is 120 Å². The van der Waals surface area contributed by atoms with Crippen LogP contribution in [-0.4, -0.2) is 32.9 Å². The van der Waals surface area contributed by atoms with Crippen LogP contribution in [0.25, 0.3) is 0 Å². The lowest BCUT2D eigenvalue weighted by atomic mass is 9.96. The minimum atomic E-state index is -0.250. The van der Waals surface area contributed by atoms with E-state index in [9.17, 15) is 4.39 Å². The first-order valence-electron chi connectivity index (χ1n) is 7.34. The highest BCUT2D eigenvalue weighted by atomic mass is 19.1. The van der Waals surface area contributed by atoms with Gasteiger partial charge in [0.2, 0.25) is 0 Å². The van der Waals surface area contributed by atoms with E-state index in [0.29, 0.717) is 23.8 Å². The predicted molar refractivity (Wildman–Crippen MR) is 77.7 cm³/mol. The number of hydrogen-bond donors (Lipinski definition) is 1. The van der Waals surface area contributed by atoms with Crippen LogP contribution in [0.1, 0.15) is 31.2 Å². The van der Waals surface area contributed by atoms with Crippen LogP contribution in [0, 0.1) is 5.82 Å². The molecule has 0 aromatic heterocycles. The first kappa shape index (κ1) is 15.3. The molecule has 1 aliphatic rings. The van der Waals surface area contributed by atoms with Gasteiger partial charge in [0, 0.05) is 12.6 Å². The number of rotatable bonds is 6. The Morgan fingerprint density at radius 3 is 2.95 bits per heavy atom. The van der Waals surface area contributed by atoms with Crippen molar-refractivity contribution >= 4 is 0 Å². The normalized spacial score (nSPS) is 20.6. The number of halogens is 1. The second-order valence-corrected chi connectivity index (χ2v) is 5.35. The molecule has 4 heteroatoms. The van der Waals surface area contributed by atoms with Gasteiger partial charge in [-0.05, 0) is 50.8 Å². The summed E-state index contributed by atoms with van der Waals surface area (Å²) >= 11 is 0. The summed E-state index contributed by atoms with van der Waals surface area (Å²) in [5, 5.41) is 3.28. The Morgan fingerprint density at radius 1 is 1.45 bits per heavy atom. The molecule has 0 aliphatic carbocycles. The van der Waals surface area contributed by atoms with Crippen molar-refractivity contribution in [3.05, 3.63) is 29.6 Å².